The molecular formula is C14H14N4S. The molecule has 0 saturated carbocycles. The fourth-order valence-electron chi connectivity index (χ4n) is 1.93. The van der Waals surface area contributed by atoms with Crippen molar-refractivity contribution in [2.75, 3.05) is 5.73 Å². The molecule has 0 aliphatic heterocycles. The molecule has 0 aliphatic carbocycles. The van der Waals surface area contributed by atoms with Gasteiger partial charge in [0.2, 0.25) is 0 Å². The molecule has 1 aromatic carbocycles. The molecule has 0 aliphatic rings. The van der Waals surface area contributed by atoms with Gasteiger partial charge in [0.15, 0.2) is 5.16 Å². The minimum Gasteiger partial charge on any atom is -0.397 e. The van der Waals surface area contributed by atoms with E-state index in [0.717, 1.165) is 26.8 Å². The van der Waals surface area contributed by atoms with Crippen LogP contribution in [-0.2, 0) is 0 Å². The molecule has 0 saturated heterocycles. The molecule has 0 bridgehead atoms. The average Bonchev–Trinajstić information content (AvgIpc) is 2.74. The zero-order chi connectivity index (χ0) is 13.4. The number of pyridine rings is 1. The number of anilines is 1. The Morgan fingerprint density at radius 3 is 2.84 bits per heavy atom. The van der Waals surface area contributed by atoms with Crippen LogP contribution >= 0.6 is 11.8 Å². The Hall–Kier alpha value is -2.01. The van der Waals surface area contributed by atoms with Gasteiger partial charge < -0.3 is 10.7 Å². The summed E-state index contributed by atoms with van der Waals surface area (Å²) in [6.45, 7) is 4.07. The summed E-state index contributed by atoms with van der Waals surface area (Å²) in [5.74, 6) is 0. The second kappa shape index (κ2) is 4.59. The zero-order valence-corrected chi connectivity index (χ0v) is 11.6. The van der Waals surface area contributed by atoms with Gasteiger partial charge in [-0.05, 0) is 54.9 Å². The van der Waals surface area contributed by atoms with Gasteiger partial charge in [0.1, 0.15) is 5.03 Å². The number of rotatable bonds is 2. The van der Waals surface area contributed by atoms with Crippen LogP contribution in [0.2, 0.25) is 0 Å². The molecule has 19 heavy (non-hydrogen) atoms. The Labute approximate surface area is 115 Å². The third-order valence-corrected chi connectivity index (χ3v) is 3.87. The SMILES string of the molecule is Cc1ccc2nc(Sc3ncc(N)cc3C)[nH]c2c1. The van der Waals surface area contributed by atoms with Crippen LogP contribution in [0, 0.1) is 13.8 Å². The Balaban J connectivity index is 1.96. The first kappa shape index (κ1) is 12.0. The Morgan fingerprint density at radius 2 is 2.05 bits per heavy atom. The van der Waals surface area contributed by atoms with Crippen molar-refractivity contribution in [1.82, 2.24) is 15.0 Å². The first-order valence-electron chi connectivity index (χ1n) is 5.98. The number of imidazole rings is 1. The summed E-state index contributed by atoms with van der Waals surface area (Å²) in [4.78, 5) is 12.2. The van der Waals surface area contributed by atoms with Crippen LogP contribution in [-0.4, -0.2) is 15.0 Å². The highest BCUT2D eigenvalue weighted by atomic mass is 32.2. The highest BCUT2D eigenvalue weighted by Gasteiger charge is 2.08. The van der Waals surface area contributed by atoms with Gasteiger partial charge in [-0.25, -0.2) is 9.97 Å². The fraction of sp³-hybridized carbons (Fsp3) is 0.143. The monoisotopic (exact) mass is 270 g/mol. The smallest absolute Gasteiger partial charge is 0.172 e. The molecule has 0 atom stereocenters. The number of H-pyrrole nitrogens is 1. The summed E-state index contributed by atoms with van der Waals surface area (Å²) in [7, 11) is 0. The first-order chi connectivity index (χ1) is 9.11. The number of aromatic nitrogens is 3. The van der Waals surface area contributed by atoms with E-state index in [-0.39, 0.29) is 0 Å². The van der Waals surface area contributed by atoms with Crippen LogP contribution in [0.25, 0.3) is 11.0 Å². The lowest BCUT2D eigenvalue weighted by molar-refractivity contribution is 1.04. The van der Waals surface area contributed by atoms with Crippen LogP contribution in [0.5, 0.6) is 0 Å². The van der Waals surface area contributed by atoms with E-state index in [9.17, 15) is 0 Å². The standard InChI is InChI=1S/C14H14N4S/c1-8-3-4-11-12(5-8)18-14(17-11)19-13-9(2)6-10(15)7-16-13/h3-7H,15H2,1-2H3,(H,17,18). The topological polar surface area (TPSA) is 67.6 Å². The molecule has 4 nitrogen and oxygen atoms in total. The molecule has 3 rings (SSSR count). The average molecular weight is 270 g/mol. The number of nitrogens with two attached hydrogens (primary N) is 1. The zero-order valence-electron chi connectivity index (χ0n) is 10.8. The number of fused-ring (bicyclic) bond motifs is 1. The van der Waals surface area contributed by atoms with Crippen LogP contribution in [0.3, 0.4) is 0 Å². The maximum Gasteiger partial charge on any atom is 0.172 e. The predicted octanol–water partition coefficient (Wildman–Crippen LogP) is 3.31. The van der Waals surface area contributed by atoms with Gasteiger partial charge in [-0.1, -0.05) is 6.07 Å². The van der Waals surface area contributed by atoms with Gasteiger partial charge in [-0.15, -0.1) is 0 Å². The minimum absolute atomic E-state index is 0.682. The van der Waals surface area contributed by atoms with Crippen LogP contribution < -0.4 is 5.73 Å². The number of aromatic amines is 1. The van der Waals surface area contributed by atoms with Gasteiger partial charge in [0.25, 0.3) is 0 Å². The van der Waals surface area contributed by atoms with Crippen molar-refractivity contribution in [2.45, 2.75) is 24.0 Å². The van der Waals surface area contributed by atoms with Gasteiger partial charge in [0.05, 0.1) is 22.9 Å². The van der Waals surface area contributed by atoms with E-state index in [4.69, 9.17) is 5.73 Å². The van der Waals surface area contributed by atoms with E-state index in [2.05, 4.69) is 34.0 Å². The Bertz CT molecular complexity index is 748. The summed E-state index contributed by atoms with van der Waals surface area (Å²) < 4.78 is 0. The minimum atomic E-state index is 0.682. The maximum atomic E-state index is 5.70. The largest absolute Gasteiger partial charge is 0.397 e. The third kappa shape index (κ3) is 2.42. The Kier molecular flexibility index (Phi) is 2.91. The lowest BCUT2D eigenvalue weighted by Gasteiger charge is -2.02. The fourth-order valence-corrected chi connectivity index (χ4v) is 2.74. The van der Waals surface area contributed by atoms with E-state index in [1.54, 1.807) is 6.20 Å². The highest BCUT2D eigenvalue weighted by molar-refractivity contribution is 7.99. The molecule has 2 heterocycles. The van der Waals surface area contributed by atoms with Crippen molar-refractivity contribution in [3.8, 4) is 0 Å². The molecule has 0 spiro atoms. The van der Waals surface area contributed by atoms with Crippen molar-refractivity contribution in [2.24, 2.45) is 0 Å². The second-order valence-electron chi connectivity index (χ2n) is 4.56. The molecule has 2 aromatic heterocycles. The lowest BCUT2D eigenvalue weighted by Crippen LogP contribution is -1.91. The van der Waals surface area contributed by atoms with Crippen molar-refractivity contribution in [3.63, 3.8) is 0 Å². The van der Waals surface area contributed by atoms with Crippen molar-refractivity contribution >= 4 is 28.5 Å². The van der Waals surface area contributed by atoms with E-state index < -0.39 is 0 Å². The van der Waals surface area contributed by atoms with E-state index in [1.165, 1.54) is 17.3 Å². The molecule has 0 fully saturated rings. The van der Waals surface area contributed by atoms with Crippen molar-refractivity contribution in [1.29, 1.82) is 0 Å². The number of hydrogen-bond acceptors (Lipinski definition) is 4. The summed E-state index contributed by atoms with van der Waals surface area (Å²) in [5.41, 5.74) is 10.7. The van der Waals surface area contributed by atoms with E-state index in [1.807, 2.05) is 19.1 Å². The maximum absolute atomic E-state index is 5.70. The quantitative estimate of drug-likeness (QED) is 0.749. The predicted molar refractivity (Wildman–Crippen MR) is 78.3 cm³/mol. The Morgan fingerprint density at radius 1 is 1.21 bits per heavy atom. The number of hydrogen-bond donors (Lipinski definition) is 2. The van der Waals surface area contributed by atoms with Gasteiger partial charge in [-0.3, -0.25) is 0 Å². The van der Waals surface area contributed by atoms with E-state index >= 15 is 0 Å². The van der Waals surface area contributed by atoms with Gasteiger partial charge in [0, 0.05) is 0 Å². The molecule has 0 amide bonds. The van der Waals surface area contributed by atoms with Crippen LogP contribution in [0.15, 0.2) is 40.6 Å². The molecular weight excluding hydrogens is 256 g/mol. The van der Waals surface area contributed by atoms with Gasteiger partial charge >= 0.3 is 0 Å². The molecule has 0 unspecified atom stereocenters. The number of aryl methyl sites for hydroxylation is 2. The van der Waals surface area contributed by atoms with Gasteiger partial charge in [-0.2, -0.15) is 0 Å². The summed E-state index contributed by atoms with van der Waals surface area (Å²) in [5, 5.41) is 1.77. The summed E-state index contributed by atoms with van der Waals surface area (Å²) >= 11 is 1.52. The number of nitrogens with one attached hydrogen (secondary N) is 1. The molecule has 3 aromatic rings. The second-order valence-corrected chi connectivity index (χ2v) is 5.53. The van der Waals surface area contributed by atoms with Crippen LogP contribution in [0.1, 0.15) is 11.1 Å². The summed E-state index contributed by atoms with van der Waals surface area (Å²) in [6.07, 6.45) is 1.67. The number of benzene rings is 1. The highest BCUT2D eigenvalue weighted by Crippen LogP contribution is 2.28. The molecule has 0 radical (unpaired) electrons. The molecule has 96 valence electrons. The lowest BCUT2D eigenvalue weighted by atomic mass is 10.2. The van der Waals surface area contributed by atoms with Crippen molar-refractivity contribution < 1.29 is 0 Å². The molecule has 3 N–H and O–H groups in total. The normalized spacial score (nSPS) is 11.1. The molecule has 5 heteroatoms. The van der Waals surface area contributed by atoms with E-state index in [0.29, 0.717) is 5.69 Å². The third-order valence-electron chi connectivity index (χ3n) is 2.86. The van der Waals surface area contributed by atoms with Crippen LogP contribution in [0.4, 0.5) is 5.69 Å². The first-order valence-corrected chi connectivity index (χ1v) is 6.80. The summed E-state index contributed by atoms with van der Waals surface area (Å²) in [6, 6.07) is 8.09. The number of nitrogens with zero attached hydrogens (tertiary/aromatic N) is 2. The number of nitrogen functional groups attached to an aromatic ring is 1. The van der Waals surface area contributed by atoms with Crippen molar-refractivity contribution in [3.05, 3.63) is 41.6 Å².